The lowest BCUT2D eigenvalue weighted by Crippen LogP contribution is -2.60. The summed E-state index contributed by atoms with van der Waals surface area (Å²) in [6.45, 7) is 2.67. The van der Waals surface area contributed by atoms with E-state index in [0.717, 1.165) is 0 Å². The van der Waals surface area contributed by atoms with Gasteiger partial charge in [0.25, 0.3) is 5.91 Å². The maximum Gasteiger partial charge on any atom is 0.319 e. The fourth-order valence-corrected chi connectivity index (χ4v) is 3.67. The normalized spacial score (nSPS) is 24.4. The SMILES string of the molecule is CC(=O)N1CC(C(=O)Nc2cccc(F)c2)OC2(CCN(C(=O)N(C)C)C2)C1. The third-order valence-corrected chi connectivity index (χ3v) is 5.06. The number of urea groups is 1. The highest BCUT2D eigenvalue weighted by Crippen LogP contribution is 2.32. The van der Waals surface area contributed by atoms with Gasteiger partial charge in [0.05, 0.1) is 19.6 Å². The molecular weight excluding hydrogens is 367 g/mol. The number of ether oxygens (including phenoxy) is 1. The number of carbonyl (C=O) groups is 3. The van der Waals surface area contributed by atoms with Crippen LogP contribution in [0.3, 0.4) is 0 Å². The van der Waals surface area contributed by atoms with Crippen molar-refractivity contribution < 1.29 is 23.5 Å². The number of amides is 4. The molecule has 0 bridgehead atoms. The lowest BCUT2D eigenvalue weighted by molar-refractivity contribution is -0.171. The van der Waals surface area contributed by atoms with Gasteiger partial charge in [0.2, 0.25) is 5.91 Å². The van der Waals surface area contributed by atoms with Gasteiger partial charge < -0.3 is 24.8 Å². The Balaban J connectivity index is 1.76. The molecular formula is C19H25FN4O4. The van der Waals surface area contributed by atoms with Gasteiger partial charge in [-0.1, -0.05) is 6.07 Å². The number of carbonyl (C=O) groups excluding carboxylic acids is 3. The number of rotatable bonds is 2. The molecule has 2 heterocycles. The van der Waals surface area contributed by atoms with Crippen LogP contribution in [0.5, 0.6) is 0 Å². The molecule has 2 aliphatic heterocycles. The largest absolute Gasteiger partial charge is 0.356 e. The van der Waals surface area contributed by atoms with Gasteiger partial charge in [0.15, 0.2) is 6.10 Å². The van der Waals surface area contributed by atoms with E-state index in [9.17, 15) is 18.8 Å². The molecule has 0 radical (unpaired) electrons. The van der Waals surface area contributed by atoms with E-state index in [-0.39, 0.29) is 18.5 Å². The van der Waals surface area contributed by atoms with Gasteiger partial charge >= 0.3 is 6.03 Å². The molecule has 0 aromatic heterocycles. The molecule has 0 aliphatic carbocycles. The number of halogens is 1. The maximum atomic E-state index is 13.4. The van der Waals surface area contributed by atoms with Crippen LogP contribution in [0.1, 0.15) is 13.3 Å². The molecule has 2 unspecified atom stereocenters. The molecule has 1 spiro atoms. The first-order chi connectivity index (χ1) is 13.2. The molecule has 1 aromatic rings. The Morgan fingerprint density at radius 1 is 1.25 bits per heavy atom. The first kappa shape index (κ1) is 20.1. The Hall–Kier alpha value is -2.68. The third kappa shape index (κ3) is 4.24. The zero-order valence-corrected chi connectivity index (χ0v) is 16.3. The average Bonchev–Trinajstić information content (AvgIpc) is 3.03. The van der Waals surface area contributed by atoms with E-state index in [1.54, 1.807) is 30.0 Å². The molecule has 8 nitrogen and oxygen atoms in total. The van der Waals surface area contributed by atoms with Gasteiger partial charge in [0.1, 0.15) is 11.4 Å². The first-order valence-electron chi connectivity index (χ1n) is 9.15. The summed E-state index contributed by atoms with van der Waals surface area (Å²) in [6, 6.07) is 5.44. The van der Waals surface area contributed by atoms with Crippen molar-refractivity contribution in [2.75, 3.05) is 45.6 Å². The second kappa shape index (κ2) is 7.75. The van der Waals surface area contributed by atoms with Crippen LogP contribution in [-0.4, -0.2) is 84.5 Å². The highest BCUT2D eigenvalue weighted by Gasteiger charge is 2.49. The number of anilines is 1. The van der Waals surface area contributed by atoms with Crippen molar-refractivity contribution in [3.63, 3.8) is 0 Å². The molecule has 152 valence electrons. The molecule has 4 amide bonds. The highest BCUT2D eigenvalue weighted by molar-refractivity contribution is 5.94. The average molecular weight is 392 g/mol. The van der Waals surface area contributed by atoms with E-state index in [2.05, 4.69) is 5.32 Å². The zero-order valence-electron chi connectivity index (χ0n) is 16.3. The van der Waals surface area contributed by atoms with Crippen LogP contribution >= 0.6 is 0 Å². The summed E-state index contributed by atoms with van der Waals surface area (Å²) in [4.78, 5) is 41.8. The predicted molar refractivity (Wildman–Crippen MR) is 100 cm³/mol. The van der Waals surface area contributed by atoms with E-state index >= 15 is 0 Å². The fourth-order valence-electron chi connectivity index (χ4n) is 3.67. The van der Waals surface area contributed by atoms with Crippen LogP contribution in [0.15, 0.2) is 24.3 Å². The summed E-state index contributed by atoms with van der Waals surface area (Å²) in [7, 11) is 3.35. The Kier molecular flexibility index (Phi) is 5.55. The fraction of sp³-hybridized carbons (Fsp3) is 0.526. The number of likely N-dealkylation sites (tertiary alicyclic amines) is 1. The van der Waals surface area contributed by atoms with Crippen molar-refractivity contribution >= 4 is 23.5 Å². The minimum absolute atomic E-state index is 0.111. The van der Waals surface area contributed by atoms with Gasteiger partial charge in [-0.2, -0.15) is 0 Å². The number of hydrogen-bond acceptors (Lipinski definition) is 4. The Labute approximate surface area is 163 Å². The minimum atomic E-state index is -0.907. The second-order valence-corrected chi connectivity index (χ2v) is 7.54. The number of hydrogen-bond donors (Lipinski definition) is 1. The Bertz CT molecular complexity index is 787. The minimum Gasteiger partial charge on any atom is -0.356 e. The van der Waals surface area contributed by atoms with Gasteiger partial charge in [-0.25, -0.2) is 9.18 Å². The van der Waals surface area contributed by atoms with E-state index in [0.29, 0.717) is 31.7 Å². The standard InChI is InChI=1S/C19H25FN4O4/c1-13(25)24-10-16(17(26)21-15-6-4-5-14(20)9-15)28-19(12-24)7-8-23(11-19)18(27)22(2)3/h4-6,9,16H,7-8,10-12H2,1-3H3,(H,21,26). The van der Waals surface area contributed by atoms with Crippen molar-refractivity contribution in [1.82, 2.24) is 14.7 Å². The second-order valence-electron chi connectivity index (χ2n) is 7.54. The molecule has 0 saturated carbocycles. The van der Waals surface area contributed by atoms with Crippen molar-refractivity contribution in [2.45, 2.75) is 25.0 Å². The van der Waals surface area contributed by atoms with Gasteiger partial charge in [-0.3, -0.25) is 9.59 Å². The number of morpholine rings is 1. The summed E-state index contributed by atoms with van der Waals surface area (Å²) in [5.41, 5.74) is -0.474. The lowest BCUT2D eigenvalue weighted by atomic mass is 9.98. The molecule has 2 fully saturated rings. The number of nitrogens with one attached hydrogen (secondary N) is 1. The summed E-state index contributed by atoms with van der Waals surface area (Å²) < 4.78 is 19.5. The van der Waals surface area contributed by atoms with E-state index in [1.165, 1.54) is 30.0 Å². The van der Waals surface area contributed by atoms with Crippen LogP contribution < -0.4 is 5.32 Å². The summed E-state index contributed by atoms with van der Waals surface area (Å²) in [6.07, 6.45) is -0.379. The van der Waals surface area contributed by atoms with E-state index in [4.69, 9.17) is 4.74 Å². The van der Waals surface area contributed by atoms with Gasteiger partial charge in [-0.15, -0.1) is 0 Å². The monoisotopic (exact) mass is 392 g/mol. The van der Waals surface area contributed by atoms with Crippen molar-refractivity contribution in [3.05, 3.63) is 30.1 Å². The van der Waals surface area contributed by atoms with Crippen LogP contribution in [0.2, 0.25) is 0 Å². The molecule has 9 heteroatoms. The molecule has 1 N–H and O–H groups in total. The van der Waals surface area contributed by atoms with Crippen molar-refractivity contribution in [3.8, 4) is 0 Å². The molecule has 1 aromatic carbocycles. The Morgan fingerprint density at radius 2 is 1.96 bits per heavy atom. The van der Waals surface area contributed by atoms with Crippen LogP contribution in [-0.2, 0) is 14.3 Å². The predicted octanol–water partition coefficient (Wildman–Crippen LogP) is 1.14. The number of benzene rings is 1. The smallest absolute Gasteiger partial charge is 0.319 e. The maximum absolute atomic E-state index is 13.4. The zero-order chi connectivity index (χ0) is 20.5. The lowest BCUT2D eigenvalue weighted by Gasteiger charge is -2.43. The quantitative estimate of drug-likeness (QED) is 0.818. The highest BCUT2D eigenvalue weighted by atomic mass is 19.1. The van der Waals surface area contributed by atoms with Gasteiger partial charge in [-0.05, 0) is 24.6 Å². The molecule has 2 saturated heterocycles. The number of nitrogens with zero attached hydrogens (tertiary/aromatic N) is 3. The summed E-state index contributed by atoms with van der Waals surface area (Å²) >= 11 is 0. The molecule has 2 aliphatic rings. The topological polar surface area (TPSA) is 82.2 Å². The van der Waals surface area contributed by atoms with Gasteiger partial charge in [0, 0.05) is 33.3 Å². The van der Waals surface area contributed by atoms with Crippen LogP contribution in [0, 0.1) is 5.82 Å². The summed E-state index contributed by atoms with van der Waals surface area (Å²) in [5.74, 6) is -1.07. The van der Waals surface area contributed by atoms with Crippen molar-refractivity contribution in [1.29, 1.82) is 0 Å². The molecule has 3 rings (SSSR count). The van der Waals surface area contributed by atoms with Crippen molar-refractivity contribution in [2.24, 2.45) is 0 Å². The molecule has 28 heavy (non-hydrogen) atoms. The molecule has 2 atom stereocenters. The Morgan fingerprint density at radius 3 is 2.61 bits per heavy atom. The summed E-state index contributed by atoms with van der Waals surface area (Å²) in [5, 5.41) is 2.64. The van der Waals surface area contributed by atoms with Crippen LogP contribution in [0.25, 0.3) is 0 Å². The first-order valence-corrected chi connectivity index (χ1v) is 9.15. The van der Waals surface area contributed by atoms with E-state index < -0.39 is 23.4 Å². The van der Waals surface area contributed by atoms with E-state index in [1.807, 2.05) is 0 Å². The van der Waals surface area contributed by atoms with Crippen LogP contribution in [0.4, 0.5) is 14.9 Å². The third-order valence-electron chi connectivity index (χ3n) is 5.06.